The molecule has 0 aromatic carbocycles. The number of hydrogen-bond donors (Lipinski definition) is 0. The third-order valence-electron chi connectivity index (χ3n) is 3.14. The van der Waals surface area contributed by atoms with Gasteiger partial charge in [0.25, 0.3) is 5.91 Å². The van der Waals surface area contributed by atoms with Gasteiger partial charge in [-0.05, 0) is 0 Å². The number of morpholine rings is 1. The molecule has 1 fully saturated rings. The van der Waals surface area contributed by atoms with Crippen LogP contribution in [0.15, 0.2) is 6.20 Å². The molecular formula is C14H22N2O3S. The summed E-state index contributed by atoms with van der Waals surface area (Å²) in [5.41, 5.74) is -0.0210. The van der Waals surface area contributed by atoms with Crippen molar-refractivity contribution < 1.29 is 14.3 Å². The molecule has 0 spiro atoms. The molecule has 1 unspecified atom stereocenters. The first-order valence-corrected chi connectivity index (χ1v) is 7.59. The zero-order valence-corrected chi connectivity index (χ0v) is 13.3. The lowest BCUT2D eigenvalue weighted by Crippen LogP contribution is -2.46. The maximum Gasteiger partial charge on any atom is 0.265 e. The number of carbonyl (C=O) groups is 1. The monoisotopic (exact) mass is 298 g/mol. The van der Waals surface area contributed by atoms with Gasteiger partial charge in [-0.25, -0.2) is 4.98 Å². The van der Waals surface area contributed by atoms with Gasteiger partial charge in [0.15, 0.2) is 0 Å². The van der Waals surface area contributed by atoms with Crippen molar-refractivity contribution in [1.29, 1.82) is 0 Å². The third kappa shape index (κ3) is 3.56. The van der Waals surface area contributed by atoms with Crippen LogP contribution in [-0.2, 0) is 14.9 Å². The Morgan fingerprint density at radius 3 is 2.95 bits per heavy atom. The highest BCUT2D eigenvalue weighted by Crippen LogP contribution is 2.27. The van der Waals surface area contributed by atoms with Crippen molar-refractivity contribution in [3.63, 3.8) is 0 Å². The molecule has 0 aliphatic carbocycles. The van der Waals surface area contributed by atoms with Crippen molar-refractivity contribution in [2.24, 2.45) is 0 Å². The summed E-state index contributed by atoms with van der Waals surface area (Å²) in [6.45, 7) is 8.58. The van der Waals surface area contributed by atoms with Gasteiger partial charge in [0.1, 0.15) is 4.88 Å². The Hall–Kier alpha value is -0.980. The van der Waals surface area contributed by atoms with E-state index in [9.17, 15) is 4.79 Å². The molecule has 1 amide bonds. The van der Waals surface area contributed by atoms with Crippen LogP contribution < -0.4 is 0 Å². The first-order chi connectivity index (χ1) is 9.41. The number of nitrogens with zero attached hydrogens (tertiary/aromatic N) is 2. The van der Waals surface area contributed by atoms with Crippen molar-refractivity contribution in [2.45, 2.75) is 32.3 Å². The Bertz CT molecular complexity index is 465. The summed E-state index contributed by atoms with van der Waals surface area (Å²) >= 11 is 1.48. The topological polar surface area (TPSA) is 51.7 Å². The fourth-order valence-corrected chi connectivity index (χ4v) is 3.01. The number of carbonyl (C=O) groups excluding carboxylic acids is 1. The van der Waals surface area contributed by atoms with Gasteiger partial charge in [0.2, 0.25) is 0 Å². The van der Waals surface area contributed by atoms with Crippen LogP contribution in [0.3, 0.4) is 0 Å². The van der Waals surface area contributed by atoms with Crippen LogP contribution in [0.2, 0.25) is 0 Å². The summed E-state index contributed by atoms with van der Waals surface area (Å²) in [7, 11) is 1.64. The minimum absolute atomic E-state index is 0.0210. The van der Waals surface area contributed by atoms with Crippen LogP contribution in [-0.4, -0.2) is 55.3 Å². The zero-order valence-electron chi connectivity index (χ0n) is 12.5. The van der Waals surface area contributed by atoms with Crippen LogP contribution in [0.5, 0.6) is 0 Å². The van der Waals surface area contributed by atoms with Crippen molar-refractivity contribution in [2.75, 3.05) is 33.4 Å². The number of methoxy groups -OCH3 is 1. The van der Waals surface area contributed by atoms with Crippen LogP contribution in [0.1, 0.15) is 35.5 Å². The number of ether oxygens (including phenoxy) is 2. The summed E-state index contributed by atoms with van der Waals surface area (Å²) in [4.78, 5) is 19.4. The Balaban J connectivity index is 2.05. The molecule has 0 bridgehead atoms. The number of amides is 1. The molecule has 1 saturated heterocycles. The molecule has 1 atom stereocenters. The smallest absolute Gasteiger partial charge is 0.265 e. The number of hydrogen-bond acceptors (Lipinski definition) is 5. The summed E-state index contributed by atoms with van der Waals surface area (Å²) < 4.78 is 10.7. The Kier molecular flexibility index (Phi) is 4.78. The van der Waals surface area contributed by atoms with Gasteiger partial charge in [-0.1, -0.05) is 20.8 Å². The summed E-state index contributed by atoms with van der Waals surface area (Å²) in [6, 6.07) is 0. The van der Waals surface area contributed by atoms with Gasteiger partial charge in [-0.15, -0.1) is 11.3 Å². The van der Waals surface area contributed by atoms with E-state index < -0.39 is 0 Å². The first kappa shape index (κ1) is 15.4. The fourth-order valence-electron chi connectivity index (χ4n) is 2.07. The lowest BCUT2D eigenvalue weighted by Gasteiger charge is -2.32. The number of thiazole rings is 1. The van der Waals surface area contributed by atoms with Crippen molar-refractivity contribution in [3.05, 3.63) is 16.1 Å². The molecular weight excluding hydrogens is 276 g/mol. The predicted octanol–water partition coefficient (Wildman–Crippen LogP) is 1.93. The molecule has 5 nitrogen and oxygen atoms in total. The second kappa shape index (κ2) is 6.20. The Morgan fingerprint density at radius 2 is 2.35 bits per heavy atom. The highest BCUT2D eigenvalue weighted by atomic mass is 32.1. The highest BCUT2D eigenvalue weighted by Gasteiger charge is 2.27. The van der Waals surface area contributed by atoms with Gasteiger partial charge in [0.05, 0.1) is 30.5 Å². The Morgan fingerprint density at radius 1 is 1.60 bits per heavy atom. The molecule has 6 heteroatoms. The van der Waals surface area contributed by atoms with E-state index in [0.29, 0.717) is 31.2 Å². The van der Waals surface area contributed by atoms with Gasteiger partial charge < -0.3 is 14.4 Å². The molecule has 0 radical (unpaired) electrons. The summed E-state index contributed by atoms with van der Waals surface area (Å²) in [5.74, 6) is 0.0439. The second-order valence-corrected chi connectivity index (χ2v) is 7.01. The molecule has 0 saturated carbocycles. The maximum absolute atomic E-state index is 12.5. The molecule has 112 valence electrons. The third-order valence-corrected chi connectivity index (χ3v) is 4.55. The van der Waals surface area contributed by atoms with Crippen LogP contribution in [0.4, 0.5) is 0 Å². The van der Waals surface area contributed by atoms with E-state index >= 15 is 0 Å². The molecule has 2 rings (SSSR count). The van der Waals surface area contributed by atoms with E-state index in [4.69, 9.17) is 9.47 Å². The van der Waals surface area contributed by atoms with Crippen molar-refractivity contribution >= 4 is 17.2 Å². The Labute approximate surface area is 123 Å². The fraction of sp³-hybridized carbons (Fsp3) is 0.714. The SMILES string of the molecule is COCC1CN(C(=O)c2cnc(C(C)(C)C)s2)CCO1. The average molecular weight is 298 g/mol. The van der Waals surface area contributed by atoms with Crippen molar-refractivity contribution in [1.82, 2.24) is 9.88 Å². The van der Waals surface area contributed by atoms with Gasteiger partial charge >= 0.3 is 0 Å². The predicted molar refractivity (Wildman–Crippen MR) is 78.3 cm³/mol. The van der Waals surface area contributed by atoms with Crippen LogP contribution in [0, 0.1) is 0 Å². The lowest BCUT2D eigenvalue weighted by molar-refractivity contribution is -0.0530. The van der Waals surface area contributed by atoms with E-state index in [1.165, 1.54) is 11.3 Å². The van der Waals surface area contributed by atoms with E-state index in [0.717, 1.165) is 5.01 Å². The normalized spacial score (nSPS) is 20.2. The van der Waals surface area contributed by atoms with E-state index in [2.05, 4.69) is 25.8 Å². The first-order valence-electron chi connectivity index (χ1n) is 6.78. The van der Waals surface area contributed by atoms with E-state index in [1.807, 2.05) is 4.90 Å². The second-order valence-electron chi connectivity index (χ2n) is 5.98. The largest absolute Gasteiger partial charge is 0.382 e. The van der Waals surface area contributed by atoms with Crippen LogP contribution >= 0.6 is 11.3 Å². The molecule has 2 heterocycles. The molecule has 1 aromatic rings. The van der Waals surface area contributed by atoms with Crippen LogP contribution in [0.25, 0.3) is 0 Å². The van der Waals surface area contributed by atoms with Gasteiger partial charge in [-0.2, -0.15) is 0 Å². The minimum atomic E-state index is -0.0345. The van der Waals surface area contributed by atoms with Gasteiger partial charge in [0, 0.05) is 25.6 Å². The number of aromatic nitrogens is 1. The average Bonchev–Trinajstić information content (AvgIpc) is 2.88. The molecule has 1 aliphatic heterocycles. The quantitative estimate of drug-likeness (QED) is 0.855. The van der Waals surface area contributed by atoms with E-state index in [-0.39, 0.29) is 17.4 Å². The highest BCUT2D eigenvalue weighted by molar-refractivity contribution is 7.13. The molecule has 1 aliphatic rings. The zero-order chi connectivity index (χ0) is 14.8. The summed E-state index contributed by atoms with van der Waals surface area (Å²) in [5, 5.41) is 0.988. The maximum atomic E-state index is 12.5. The molecule has 1 aromatic heterocycles. The number of rotatable bonds is 3. The van der Waals surface area contributed by atoms with Gasteiger partial charge in [-0.3, -0.25) is 4.79 Å². The standard InChI is InChI=1S/C14H22N2O3S/c1-14(2,3)13-15-7-11(20-13)12(17)16-5-6-19-10(8-16)9-18-4/h7,10H,5-6,8-9H2,1-4H3. The molecule has 20 heavy (non-hydrogen) atoms. The van der Waals surface area contributed by atoms with E-state index in [1.54, 1.807) is 13.3 Å². The van der Waals surface area contributed by atoms with Crippen molar-refractivity contribution in [3.8, 4) is 0 Å². The summed E-state index contributed by atoms with van der Waals surface area (Å²) in [6.07, 6.45) is 1.65. The minimum Gasteiger partial charge on any atom is -0.382 e. The molecule has 0 N–H and O–H groups in total. The lowest BCUT2D eigenvalue weighted by atomic mass is 9.98.